The number of hydrogen-bond acceptors (Lipinski definition) is 3. The normalized spacial score (nSPS) is 13.4. The summed E-state index contributed by atoms with van der Waals surface area (Å²) in [5.74, 6) is 0. The molecule has 1 aliphatic rings. The average Bonchev–Trinajstić information content (AvgIpc) is 2.54. The van der Waals surface area contributed by atoms with E-state index in [-0.39, 0.29) is 10.8 Å². The van der Waals surface area contributed by atoms with Gasteiger partial charge in [0.15, 0.2) is 10.8 Å². The van der Waals surface area contributed by atoms with Gasteiger partial charge in [-0.1, -0.05) is 0 Å². The standard InChI is InChI=1S/C7H6N4O3/c1-10-4-3(8-6(13)9-4)5(12)11(2)7(10)14/h1-2H3. The third-order valence-electron chi connectivity index (χ3n) is 2.02. The maximum atomic E-state index is 11.4. The number of fused-ring (bicyclic) bond motifs is 1. The van der Waals surface area contributed by atoms with Crippen molar-refractivity contribution in [3.63, 3.8) is 0 Å². The molecule has 7 nitrogen and oxygen atoms in total. The first kappa shape index (κ1) is 8.54. The van der Waals surface area contributed by atoms with Gasteiger partial charge in [-0.2, -0.15) is 9.98 Å². The molecule has 72 valence electrons. The zero-order valence-electron chi connectivity index (χ0n) is 7.51. The van der Waals surface area contributed by atoms with Gasteiger partial charge in [-0.25, -0.2) is 9.59 Å². The summed E-state index contributed by atoms with van der Waals surface area (Å²) in [6.45, 7) is 0. The van der Waals surface area contributed by atoms with Crippen LogP contribution in [0.2, 0.25) is 0 Å². The zero-order valence-corrected chi connectivity index (χ0v) is 7.51. The first-order valence-corrected chi connectivity index (χ1v) is 3.80. The van der Waals surface area contributed by atoms with Crippen molar-refractivity contribution in [2.75, 3.05) is 0 Å². The lowest BCUT2D eigenvalue weighted by Gasteiger charge is -1.98. The summed E-state index contributed by atoms with van der Waals surface area (Å²) in [5, 5.41) is -0.0698. The average molecular weight is 194 g/mol. The van der Waals surface area contributed by atoms with Crippen LogP contribution < -0.4 is 22.1 Å². The molecule has 0 saturated carbocycles. The minimum Gasteiger partial charge on any atom is -0.279 e. The fourth-order valence-corrected chi connectivity index (χ4v) is 1.25. The zero-order chi connectivity index (χ0) is 10.5. The quantitative estimate of drug-likeness (QED) is 0.456. The van der Waals surface area contributed by atoms with Gasteiger partial charge in [-0.05, 0) is 0 Å². The van der Waals surface area contributed by atoms with E-state index >= 15 is 0 Å². The molecule has 2 amide bonds. The van der Waals surface area contributed by atoms with Crippen LogP contribution in [0.15, 0.2) is 19.6 Å². The Labute approximate surface area is 76.7 Å². The largest absolute Gasteiger partial charge is 0.369 e. The number of carbonyl (C=O) groups is 1. The van der Waals surface area contributed by atoms with Crippen LogP contribution in [0.3, 0.4) is 0 Å². The minimum atomic E-state index is -0.752. The summed E-state index contributed by atoms with van der Waals surface area (Å²) >= 11 is 0. The molecule has 14 heavy (non-hydrogen) atoms. The Balaban J connectivity index is 3.24. The van der Waals surface area contributed by atoms with E-state index in [9.17, 15) is 14.4 Å². The summed E-state index contributed by atoms with van der Waals surface area (Å²) in [5.41, 5.74) is -1.09. The third kappa shape index (κ3) is 0.889. The summed E-state index contributed by atoms with van der Waals surface area (Å²) in [7, 11) is 2.75. The monoisotopic (exact) mass is 194 g/mol. The van der Waals surface area contributed by atoms with Crippen LogP contribution in [0.4, 0.5) is 4.79 Å². The number of nitrogens with zero attached hydrogens (tertiary/aromatic N) is 4. The second kappa shape index (κ2) is 2.47. The molecule has 0 bridgehead atoms. The number of carbonyl (C=O) groups excluding carboxylic acids is 1. The number of aromatic nitrogens is 2. The fourth-order valence-electron chi connectivity index (χ4n) is 1.25. The van der Waals surface area contributed by atoms with Crippen molar-refractivity contribution in [1.29, 1.82) is 0 Å². The Morgan fingerprint density at radius 1 is 1.00 bits per heavy atom. The van der Waals surface area contributed by atoms with Gasteiger partial charge < -0.3 is 0 Å². The van der Waals surface area contributed by atoms with E-state index < -0.39 is 17.3 Å². The highest BCUT2D eigenvalue weighted by atomic mass is 16.2. The van der Waals surface area contributed by atoms with Crippen LogP contribution in [0, 0.1) is 0 Å². The summed E-state index contributed by atoms with van der Waals surface area (Å²) in [6.07, 6.45) is 0. The SMILES string of the molecule is Cn1c(=O)c2c(n(C)c1=O)=NC(=O)N=2. The van der Waals surface area contributed by atoms with Crippen molar-refractivity contribution in [2.45, 2.75) is 0 Å². The molecule has 0 N–H and O–H groups in total. The minimum absolute atomic E-state index is 0.0306. The van der Waals surface area contributed by atoms with Crippen LogP contribution in [-0.2, 0) is 14.1 Å². The molecular weight excluding hydrogens is 188 g/mol. The fraction of sp³-hybridized carbons (Fsp3) is 0.286. The van der Waals surface area contributed by atoms with Gasteiger partial charge in [0.2, 0.25) is 0 Å². The lowest BCUT2D eigenvalue weighted by atomic mass is 10.5. The Kier molecular flexibility index (Phi) is 1.51. The predicted molar refractivity (Wildman–Crippen MR) is 44.6 cm³/mol. The second-order valence-electron chi connectivity index (χ2n) is 2.88. The first-order chi connectivity index (χ1) is 6.52. The van der Waals surface area contributed by atoms with Crippen molar-refractivity contribution < 1.29 is 4.79 Å². The van der Waals surface area contributed by atoms with Crippen LogP contribution in [0.5, 0.6) is 0 Å². The second-order valence-corrected chi connectivity index (χ2v) is 2.88. The van der Waals surface area contributed by atoms with E-state index in [0.717, 1.165) is 9.13 Å². The summed E-state index contributed by atoms with van der Waals surface area (Å²) in [4.78, 5) is 40.5. The molecule has 7 heteroatoms. The molecule has 2 rings (SSSR count). The van der Waals surface area contributed by atoms with Crippen molar-refractivity contribution in [3.8, 4) is 0 Å². The molecule has 1 aromatic rings. The van der Waals surface area contributed by atoms with E-state index in [1.165, 1.54) is 14.1 Å². The topological polar surface area (TPSA) is 85.8 Å². The number of rotatable bonds is 0. The smallest absolute Gasteiger partial charge is 0.279 e. The van der Waals surface area contributed by atoms with E-state index in [1.54, 1.807) is 0 Å². The first-order valence-electron chi connectivity index (χ1n) is 3.80. The van der Waals surface area contributed by atoms with Gasteiger partial charge in [0.25, 0.3) is 5.56 Å². The molecule has 0 atom stereocenters. The molecule has 0 spiro atoms. The van der Waals surface area contributed by atoms with E-state index in [1.807, 2.05) is 0 Å². The van der Waals surface area contributed by atoms with Gasteiger partial charge in [-0.3, -0.25) is 13.9 Å². The Hall–Kier alpha value is -2.05. The highest BCUT2D eigenvalue weighted by molar-refractivity contribution is 5.77. The summed E-state index contributed by atoms with van der Waals surface area (Å²) in [6, 6.07) is -0.752. The lowest BCUT2D eigenvalue weighted by molar-refractivity contribution is 0.256. The van der Waals surface area contributed by atoms with E-state index in [0.29, 0.717) is 0 Å². The van der Waals surface area contributed by atoms with Crippen LogP contribution in [-0.4, -0.2) is 15.2 Å². The molecule has 1 aliphatic heterocycles. The van der Waals surface area contributed by atoms with Crippen molar-refractivity contribution >= 4 is 6.03 Å². The van der Waals surface area contributed by atoms with Gasteiger partial charge >= 0.3 is 11.7 Å². The molecule has 2 heterocycles. The molecule has 0 saturated heterocycles. The van der Waals surface area contributed by atoms with Crippen LogP contribution in [0.1, 0.15) is 0 Å². The highest BCUT2D eigenvalue weighted by Gasteiger charge is 2.13. The van der Waals surface area contributed by atoms with Crippen LogP contribution in [0.25, 0.3) is 0 Å². The van der Waals surface area contributed by atoms with E-state index in [4.69, 9.17) is 0 Å². The molecule has 0 aliphatic carbocycles. The predicted octanol–water partition coefficient (Wildman–Crippen LogP) is -2.54. The molecule has 0 fully saturated rings. The maximum absolute atomic E-state index is 11.4. The van der Waals surface area contributed by atoms with Crippen LogP contribution >= 0.6 is 0 Å². The van der Waals surface area contributed by atoms with Crippen molar-refractivity contribution in [1.82, 2.24) is 9.13 Å². The van der Waals surface area contributed by atoms with E-state index in [2.05, 4.69) is 9.98 Å². The Bertz CT molecular complexity index is 664. The number of hydrogen-bond donors (Lipinski definition) is 0. The highest BCUT2D eigenvalue weighted by Crippen LogP contribution is 1.79. The molecule has 1 aromatic heterocycles. The molecular formula is C7H6N4O3. The molecule has 0 unspecified atom stereocenters. The van der Waals surface area contributed by atoms with Gasteiger partial charge in [0.1, 0.15) is 0 Å². The Morgan fingerprint density at radius 2 is 1.64 bits per heavy atom. The summed E-state index contributed by atoms with van der Waals surface area (Å²) < 4.78 is 2.00. The third-order valence-corrected chi connectivity index (χ3v) is 2.02. The lowest BCUT2D eigenvalue weighted by Crippen LogP contribution is -2.55. The maximum Gasteiger partial charge on any atom is 0.369 e. The number of urea groups is 1. The number of amides is 2. The van der Waals surface area contributed by atoms with Crippen molar-refractivity contribution in [2.24, 2.45) is 24.1 Å². The molecule has 0 aromatic carbocycles. The van der Waals surface area contributed by atoms with Gasteiger partial charge in [0.05, 0.1) is 0 Å². The van der Waals surface area contributed by atoms with Gasteiger partial charge in [0, 0.05) is 14.1 Å². The van der Waals surface area contributed by atoms with Crippen molar-refractivity contribution in [3.05, 3.63) is 31.7 Å². The molecule has 0 radical (unpaired) electrons. The van der Waals surface area contributed by atoms with Gasteiger partial charge in [-0.15, -0.1) is 0 Å². The Morgan fingerprint density at radius 3 is 2.29 bits per heavy atom.